The Morgan fingerprint density at radius 2 is 2.35 bits per heavy atom. The molecule has 1 aromatic rings. The highest BCUT2D eigenvalue weighted by atomic mass is 35.5. The van der Waals surface area contributed by atoms with Crippen LogP contribution in [0.3, 0.4) is 0 Å². The van der Waals surface area contributed by atoms with E-state index in [1.807, 2.05) is 0 Å². The van der Waals surface area contributed by atoms with Crippen LogP contribution in [0.25, 0.3) is 10.4 Å². The molecule has 0 aliphatic carbocycles. The van der Waals surface area contributed by atoms with Crippen molar-refractivity contribution in [1.29, 1.82) is 0 Å². The summed E-state index contributed by atoms with van der Waals surface area (Å²) < 4.78 is 13.0. The number of anilines is 1. The Morgan fingerprint density at radius 1 is 1.59 bits per heavy atom. The number of carbonyl (C=O) groups excluding carboxylic acids is 1. The monoisotopic (exact) mass is 254 g/mol. The van der Waals surface area contributed by atoms with Gasteiger partial charge in [0.1, 0.15) is 11.9 Å². The number of nitrogens with zero attached hydrogens (tertiary/aromatic N) is 4. The van der Waals surface area contributed by atoms with Gasteiger partial charge in [0, 0.05) is 17.1 Å². The smallest absolute Gasteiger partial charge is 0.236 e. The second-order valence-electron chi connectivity index (χ2n) is 3.60. The number of hydrogen-bond donors (Lipinski definition) is 0. The molecule has 0 N–H and O–H groups in total. The molecule has 1 aliphatic rings. The zero-order chi connectivity index (χ0) is 12.4. The average Bonchev–Trinajstić information content (AvgIpc) is 2.66. The van der Waals surface area contributed by atoms with E-state index in [1.165, 1.54) is 23.1 Å². The molecule has 1 fully saturated rings. The lowest BCUT2D eigenvalue weighted by Gasteiger charge is -2.16. The van der Waals surface area contributed by atoms with Crippen molar-refractivity contribution in [3.63, 3.8) is 0 Å². The van der Waals surface area contributed by atoms with Crippen molar-refractivity contribution in [1.82, 2.24) is 0 Å². The summed E-state index contributed by atoms with van der Waals surface area (Å²) in [5, 5.41) is 3.36. The van der Waals surface area contributed by atoms with Crippen molar-refractivity contribution in [2.24, 2.45) is 5.11 Å². The van der Waals surface area contributed by atoms with E-state index in [9.17, 15) is 9.18 Å². The summed E-state index contributed by atoms with van der Waals surface area (Å²) in [6.45, 7) is 0.435. The Hall–Kier alpha value is -1.78. The molecule has 1 saturated heterocycles. The molecule has 1 amide bonds. The lowest BCUT2D eigenvalue weighted by Crippen LogP contribution is -2.28. The third-order valence-corrected chi connectivity index (χ3v) is 2.87. The maximum Gasteiger partial charge on any atom is 0.236 e. The Balaban J connectivity index is 2.27. The molecule has 0 saturated carbocycles. The van der Waals surface area contributed by atoms with Crippen LogP contribution >= 0.6 is 11.6 Å². The SMILES string of the molecule is [N-]=[N+]=NC1CCN(c2ccc(F)c(Cl)c2)C1=O. The Bertz CT molecular complexity index is 515. The van der Waals surface area contributed by atoms with Gasteiger partial charge >= 0.3 is 0 Å². The summed E-state index contributed by atoms with van der Waals surface area (Å²) in [5.74, 6) is -0.820. The molecule has 1 unspecified atom stereocenters. The highest BCUT2D eigenvalue weighted by Crippen LogP contribution is 2.27. The molecule has 1 heterocycles. The molecule has 0 radical (unpaired) electrons. The van der Waals surface area contributed by atoms with Gasteiger partial charge in [-0.3, -0.25) is 4.79 Å². The van der Waals surface area contributed by atoms with Crippen LogP contribution in [-0.2, 0) is 4.79 Å². The maximum absolute atomic E-state index is 13.0. The second-order valence-corrected chi connectivity index (χ2v) is 4.00. The first kappa shape index (κ1) is 11.7. The average molecular weight is 255 g/mol. The van der Waals surface area contributed by atoms with Gasteiger partial charge in [0.2, 0.25) is 5.91 Å². The summed E-state index contributed by atoms with van der Waals surface area (Å²) in [7, 11) is 0. The number of amides is 1. The topological polar surface area (TPSA) is 69.1 Å². The lowest BCUT2D eigenvalue weighted by atomic mass is 10.2. The molecular formula is C10H8ClFN4O. The minimum atomic E-state index is -0.677. The number of hydrogen-bond acceptors (Lipinski definition) is 2. The number of azide groups is 1. The number of rotatable bonds is 2. The molecule has 1 aromatic carbocycles. The number of carbonyl (C=O) groups is 1. The van der Waals surface area contributed by atoms with Crippen LogP contribution in [0, 0.1) is 5.82 Å². The van der Waals surface area contributed by atoms with Crippen molar-refractivity contribution < 1.29 is 9.18 Å². The van der Waals surface area contributed by atoms with E-state index >= 15 is 0 Å². The zero-order valence-electron chi connectivity index (χ0n) is 8.68. The fourth-order valence-corrected chi connectivity index (χ4v) is 1.92. The zero-order valence-corrected chi connectivity index (χ0v) is 9.43. The van der Waals surface area contributed by atoms with Crippen LogP contribution < -0.4 is 4.90 Å². The van der Waals surface area contributed by atoms with Crippen LogP contribution in [0.15, 0.2) is 23.3 Å². The fraction of sp³-hybridized carbons (Fsp3) is 0.300. The van der Waals surface area contributed by atoms with Crippen molar-refractivity contribution in [3.8, 4) is 0 Å². The van der Waals surface area contributed by atoms with Crippen molar-refractivity contribution in [3.05, 3.63) is 39.5 Å². The van der Waals surface area contributed by atoms with E-state index in [2.05, 4.69) is 10.0 Å². The number of halogens is 2. The predicted octanol–water partition coefficient (Wildman–Crippen LogP) is 2.89. The van der Waals surface area contributed by atoms with Gasteiger partial charge in [-0.25, -0.2) is 4.39 Å². The van der Waals surface area contributed by atoms with Gasteiger partial charge in [0.25, 0.3) is 0 Å². The Morgan fingerprint density at radius 3 is 3.00 bits per heavy atom. The Kier molecular flexibility index (Phi) is 3.17. The highest BCUT2D eigenvalue weighted by molar-refractivity contribution is 6.31. The first-order valence-corrected chi connectivity index (χ1v) is 5.32. The molecule has 0 bridgehead atoms. The Labute approximate surface area is 101 Å². The molecule has 7 heteroatoms. The lowest BCUT2D eigenvalue weighted by molar-refractivity contribution is -0.118. The molecule has 1 atom stereocenters. The van der Waals surface area contributed by atoms with Crippen molar-refractivity contribution in [2.75, 3.05) is 11.4 Å². The van der Waals surface area contributed by atoms with Gasteiger partial charge in [0.05, 0.1) is 5.02 Å². The summed E-state index contributed by atoms with van der Waals surface area (Å²) in [6, 6.07) is 3.38. The number of benzene rings is 1. The molecule has 2 rings (SSSR count). The molecule has 5 nitrogen and oxygen atoms in total. The quantitative estimate of drug-likeness (QED) is 0.454. The maximum atomic E-state index is 13.0. The standard InChI is InChI=1S/C10H8ClFN4O/c11-7-5-6(1-2-8(7)12)16-4-3-9(10(16)17)14-15-13/h1-2,5,9H,3-4H2. The summed E-state index contributed by atoms with van der Waals surface area (Å²) in [6.07, 6.45) is 0.456. The van der Waals surface area contributed by atoms with Gasteiger partial charge in [-0.2, -0.15) is 0 Å². The van der Waals surface area contributed by atoms with Crippen LogP contribution in [0.1, 0.15) is 6.42 Å². The summed E-state index contributed by atoms with van der Waals surface area (Å²) in [4.78, 5) is 15.9. The molecule has 0 aromatic heterocycles. The first-order chi connectivity index (χ1) is 8.13. The third kappa shape index (κ3) is 2.18. The molecular weight excluding hydrogens is 247 g/mol. The van der Waals surface area contributed by atoms with Gasteiger partial charge in [-0.05, 0) is 30.2 Å². The first-order valence-electron chi connectivity index (χ1n) is 4.94. The van der Waals surface area contributed by atoms with Crippen LogP contribution in [0.5, 0.6) is 0 Å². The summed E-state index contributed by atoms with van der Waals surface area (Å²) >= 11 is 5.64. The van der Waals surface area contributed by atoms with Gasteiger partial charge < -0.3 is 4.90 Å². The molecule has 0 spiro atoms. The largest absolute Gasteiger partial charge is 0.312 e. The van der Waals surface area contributed by atoms with Crippen LogP contribution in [-0.4, -0.2) is 18.5 Å². The molecule has 1 aliphatic heterocycles. The van der Waals surface area contributed by atoms with Gasteiger partial charge in [-0.1, -0.05) is 16.7 Å². The van der Waals surface area contributed by atoms with Gasteiger partial charge in [-0.15, -0.1) is 0 Å². The second kappa shape index (κ2) is 4.61. The van der Waals surface area contributed by atoms with E-state index in [4.69, 9.17) is 17.1 Å². The van der Waals surface area contributed by atoms with E-state index in [1.54, 1.807) is 0 Å². The fourth-order valence-electron chi connectivity index (χ4n) is 1.74. The highest BCUT2D eigenvalue weighted by Gasteiger charge is 2.31. The normalized spacial score (nSPS) is 19.3. The van der Waals surface area contributed by atoms with Crippen molar-refractivity contribution in [2.45, 2.75) is 12.5 Å². The van der Waals surface area contributed by atoms with E-state index in [0.29, 0.717) is 18.7 Å². The molecule has 88 valence electrons. The van der Waals surface area contributed by atoms with Crippen molar-refractivity contribution >= 4 is 23.2 Å². The minimum absolute atomic E-state index is 0.0393. The van der Waals surface area contributed by atoms with E-state index in [-0.39, 0.29) is 10.9 Å². The minimum Gasteiger partial charge on any atom is -0.312 e. The third-order valence-electron chi connectivity index (χ3n) is 2.58. The molecule has 17 heavy (non-hydrogen) atoms. The predicted molar refractivity (Wildman–Crippen MR) is 61.3 cm³/mol. The van der Waals surface area contributed by atoms with Gasteiger partial charge in [0.15, 0.2) is 0 Å². The van der Waals surface area contributed by atoms with E-state index in [0.717, 1.165) is 0 Å². The van der Waals surface area contributed by atoms with Crippen LogP contribution in [0.4, 0.5) is 10.1 Å². The summed E-state index contributed by atoms with van der Waals surface area (Å²) in [5.41, 5.74) is 8.81. The van der Waals surface area contributed by atoms with Crippen LogP contribution in [0.2, 0.25) is 5.02 Å². The van der Waals surface area contributed by atoms with E-state index < -0.39 is 11.9 Å².